The Labute approximate surface area is 93.9 Å². The molecule has 4 heteroatoms. The highest BCUT2D eigenvalue weighted by atomic mass is 16.3. The Balaban J connectivity index is 2.45. The zero-order valence-corrected chi connectivity index (χ0v) is 9.00. The number of fused-ring (bicyclic) bond motifs is 1. The van der Waals surface area contributed by atoms with Crippen molar-refractivity contribution in [1.29, 1.82) is 0 Å². The van der Waals surface area contributed by atoms with Gasteiger partial charge in [0, 0.05) is 23.6 Å². The molecule has 1 unspecified atom stereocenters. The Hall–Kier alpha value is -1.36. The maximum Gasteiger partial charge on any atom is 0.0949 e. The molecular weight excluding hydrogens is 204 g/mol. The summed E-state index contributed by atoms with van der Waals surface area (Å²) < 4.78 is 1.93. The largest absolute Gasteiger partial charge is 0.394 e. The average Bonchev–Trinajstić information content (AvgIpc) is 2.68. The monoisotopic (exact) mass is 220 g/mol. The second-order valence-corrected chi connectivity index (χ2v) is 3.86. The fraction of sp³-hybridized carbons (Fsp3) is 0.333. The van der Waals surface area contributed by atoms with Crippen molar-refractivity contribution in [2.75, 3.05) is 6.61 Å². The molecule has 86 valence electrons. The predicted octanol–water partition coefficient (Wildman–Crippen LogP) is 0.453. The molecule has 0 saturated heterocycles. The van der Waals surface area contributed by atoms with Crippen molar-refractivity contribution in [3.8, 4) is 0 Å². The molecule has 4 N–H and O–H groups in total. The van der Waals surface area contributed by atoms with Gasteiger partial charge in [-0.25, -0.2) is 0 Å². The number of hydrogen-bond acceptors (Lipinski definition) is 3. The fourth-order valence-electron chi connectivity index (χ4n) is 1.92. The Kier molecular flexibility index (Phi) is 3.24. The molecule has 0 spiro atoms. The van der Waals surface area contributed by atoms with Crippen LogP contribution in [0.5, 0.6) is 0 Å². The minimum absolute atomic E-state index is 0.232. The summed E-state index contributed by atoms with van der Waals surface area (Å²) >= 11 is 0. The summed E-state index contributed by atoms with van der Waals surface area (Å²) in [4.78, 5) is 0. The molecule has 0 radical (unpaired) electrons. The number of aliphatic hydroxyl groups is 2. The highest BCUT2D eigenvalue weighted by Crippen LogP contribution is 2.21. The van der Waals surface area contributed by atoms with E-state index in [4.69, 9.17) is 10.8 Å². The molecule has 2 aromatic rings. The molecule has 0 amide bonds. The van der Waals surface area contributed by atoms with Gasteiger partial charge in [-0.3, -0.25) is 0 Å². The van der Waals surface area contributed by atoms with Gasteiger partial charge in [0.25, 0.3) is 0 Å². The summed E-state index contributed by atoms with van der Waals surface area (Å²) in [6.07, 6.45) is 1.20. The normalized spacial score (nSPS) is 13.2. The second kappa shape index (κ2) is 4.65. The Morgan fingerprint density at radius 3 is 2.75 bits per heavy atom. The van der Waals surface area contributed by atoms with Gasteiger partial charge < -0.3 is 20.5 Å². The smallest absolute Gasteiger partial charge is 0.0949 e. The first-order chi connectivity index (χ1) is 7.76. The van der Waals surface area contributed by atoms with Crippen LogP contribution in [0.25, 0.3) is 10.9 Å². The molecule has 1 aromatic carbocycles. The first-order valence-corrected chi connectivity index (χ1v) is 5.32. The molecule has 16 heavy (non-hydrogen) atoms. The van der Waals surface area contributed by atoms with Gasteiger partial charge >= 0.3 is 0 Å². The van der Waals surface area contributed by atoms with Gasteiger partial charge in [-0.05, 0) is 11.6 Å². The Morgan fingerprint density at radius 2 is 2.06 bits per heavy atom. The van der Waals surface area contributed by atoms with E-state index in [0.717, 1.165) is 16.5 Å². The van der Waals surface area contributed by atoms with Crippen molar-refractivity contribution in [2.45, 2.75) is 19.2 Å². The molecule has 2 rings (SSSR count). The number of benzene rings is 1. The molecule has 0 aliphatic rings. The van der Waals surface area contributed by atoms with Crippen molar-refractivity contribution in [2.24, 2.45) is 5.73 Å². The van der Waals surface area contributed by atoms with Gasteiger partial charge in [0.2, 0.25) is 0 Å². The van der Waals surface area contributed by atoms with Crippen molar-refractivity contribution in [3.05, 3.63) is 36.0 Å². The third kappa shape index (κ3) is 1.95. The summed E-state index contributed by atoms with van der Waals surface area (Å²) in [6.45, 7) is 0.629. The van der Waals surface area contributed by atoms with E-state index in [1.165, 1.54) is 0 Å². The summed E-state index contributed by atoms with van der Waals surface area (Å²) in [5.41, 5.74) is 7.76. The third-order valence-corrected chi connectivity index (χ3v) is 2.71. The van der Waals surface area contributed by atoms with E-state index in [2.05, 4.69) is 0 Å². The van der Waals surface area contributed by atoms with Crippen LogP contribution in [0.2, 0.25) is 0 Å². The minimum atomic E-state index is -0.735. The molecule has 0 fully saturated rings. The quantitative estimate of drug-likeness (QED) is 0.700. The first kappa shape index (κ1) is 11.1. The van der Waals surface area contributed by atoms with Crippen molar-refractivity contribution < 1.29 is 10.2 Å². The van der Waals surface area contributed by atoms with E-state index in [1.54, 1.807) is 0 Å². The molecule has 1 atom stereocenters. The van der Waals surface area contributed by atoms with Crippen molar-refractivity contribution in [1.82, 2.24) is 4.57 Å². The molecular formula is C12H16N2O2. The van der Waals surface area contributed by atoms with E-state index in [-0.39, 0.29) is 6.61 Å². The second-order valence-electron chi connectivity index (χ2n) is 3.86. The summed E-state index contributed by atoms with van der Waals surface area (Å²) in [7, 11) is 0. The number of nitrogens with two attached hydrogens (primary N) is 1. The maximum atomic E-state index is 9.45. The highest BCUT2D eigenvalue weighted by Gasteiger charge is 2.09. The van der Waals surface area contributed by atoms with Crippen LogP contribution in [0.3, 0.4) is 0 Å². The topological polar surface area (TPSA) is 71.4 Å². The zero-order valence-electron chi connectivity index (χ0n) is 9.00. The number of aliphatic hydroxyl groups excluding tert-OH is 2. The zero-order chi connectivity index (χ0) is 11.5. The lowest BCUT2D eigenvalue weighted by Gasteiger charge is -2.09. The van der Waals surface area contributed by atoms with E-state index in [9.17, 15) is 5.11 Å². The molecule has 0 bridgehead atoms. The van der Waals surface area contributed by atoms with Gasteiger partial charge in [0.1, 0.15) is 0 Å². The van der Waals surface area contributed by atoms with Crippen LogP contribution in [0.1, 0.15) is 5.56 Å². The average molecular weight is 220 g/mol. The number of rotatable bonds is 4. The predicted molar refractivity (Wildman–Crippen MR) is 62.9 cm³/mol. The third-order valence-electron chi connectivity index (χ3n) is 2.71. The maximum absolute atomic E-state index is 9.45. The SMILES string of the molecule is NCc1cn(CC(O)CO)c2ccccc12. The van der Waals surface area contributed by atoms with Crippen LogP contribution in [0.15, 0.2) is 30.5 Å². The number of nitrogens with zero attached hydrogens (tertiary/aromatic N) is 1. The number of hydrogen-bond donors (Lipinski definition) is 3. The first-order valence-electron chi connectivity index (χ1n) is 5.32. The number of aromatic nitrogens is 1. The van der Waals surface area contributed by atoms with Crippen molar-refractivity contribution in [3.63, 3.8) is 0 Å². The lowest BCUT2D eigenvalue weighted by molar-refractivity contribution is 0.0822. The standard InChI is InChI=1S/C12H16N2O2/c13-5-9-6-14(7-10(16)8-15)12-4-2-1-3-11(9)12/h1-4,6,10,15-16H,5,7-8,13H2. The van der Waals surface area contributed by atoms with Crippen LogP contribution in [-0.2, 0) is 13.1 Å². The van der Waals surface area contributed by atoms with Crippen molar-refractivity contribution >= 4 is 10.9 Å². The number of para-hydroxylation sites is 1. The summed E-state index contributed by atoms with van der Waals surface area (Å²) in [5, 5.41) is 19.4. The minimum Gasteiger partial charge on any atom is -0.394 e. The van der Waals surface area contributed by atoms with Crippen LogP contribution < -0.4 is 5.73 Å². The molecule has 1 heterocycles. The summed E-state index contributed by atoms with van der Waals surface area (Å²) in [6, 6.07) is 7.91. The van der Waals surface area contributed by atoms with E-state index >= 15 is 0 Å². The van der Waals surface area contributed by atoms with E-state index in [0.29, 0.717) is 13.1 Å². The van der Waals surface area contributed by atoms with E-state index in [1.807, 2.05) is 35.0 Å². The van der Waals surface area contributed by atoms with Gasteiger partial charge in [0.05, 0.1) is 19.3 Å². The molecule has 4 nitrogen and oxygen atoms in total. The van der Waals surface area contributed by atoms with Crippen LogP contribution in [0, 0.1) is 0 Å². The Morgan fingerprint density at radius 1 is 1.31 bits per heavy atom. The lowest BCUT2D eigenvalue weighted by Crippen LogP contribution is -2.19. The molecule has 0 saturated carbocycles. The molecule has 1 aromatic heterocycles. The van der Waals surface area contributed by atoms with E-state index < -0.39 is 6.10 Å². The van der Waals surface area contributed by atoms with Crippen LogP contribution in [-0.4, -0.2) is 27.5 Å². The fourth-order valence-corrected chi connectivity index (χ4v) is 1.92. The van der Waals surface area contributed by atoms with Crippen LogP contribution >= 0.6 is 0 Å². The Bertz CT molecular complexity index is 479. The lowest BCUT2D eigenvalue weighted by atomic mass is 10.2. The summed E-state index contributed by atoms with van der Waals surface area (Å²) in [5.74, 6) is 0. The van der Waals surface area contributed by atoms with Gasteiger partial charge in [0.15, 0.2) is 0 Å². The highest BCUT2D eigenvalue weighted by molar-refractivity contribution is 5.83. The van der Waals surface area contributed by atoms with Gasteiger partial charge in [-0.2, -0.15) is 0 Å². The van der Waals surface area contributed by atoms with Gasteiger partial charge in [-0.1, -0.05) is 18.2 Å². The van der Waals surface area contributed by atoms with Gasteiger partial charge in [-0.15, -0.1) is 0 Å². The molecule has 0 aliphatic carbocycles. The van der Waals surface area contributed by atoms with Crippen LogP contribution in [0.4, 0.5) is 0 Å². The molecule has 0 aliphatic heterocycles.